The van der Waals surface area contributed by atoms with E-state index in [0.29, 0.717) is 23.0 Å². The molecule has 0 radical (unpaired) electrons. The van der Waals surface area contributed by atoms with Gasteiger partial charge in [-0.05, 0) is 62.0 Å². The normalized spacial score (nSPS) is 21.4. The van der Waals surface area contributed by atoms with Crippen LogP contribution in [-0.4, -0.2) is 31.4 Å². The van der Waals surface area contributed by atoms with Gasteiger partial charge in [0.2, 0.25) is 0 Å². The number of benzene rings is 1. The minimum Gasteiger partial charge on any atom is -0.365 e. The number of quaternary nitrogens is 1. The summed E-state index contributed by atoms with van der Waals surface area (Å²) in [6.07, 6.45) is 7.52. The number of carbonyl (C=O) groups excluding carboxylic acids is 2. The number of hydrogen-bond donors (Lipinski definition) is 3. The summed E-state index contributed by atoms with van der Waals surface area (Å²) in [5.41, 5.74) is 8.65. The van der Waals surface area contributed by atoms with Crippen LogP contribution in [0.4, 0.5) is 5.00 Å². The second-order valence-corrected chi connectivity index (χ2v) is 9.49. The Morgan fingerprint density at radius 2 is 1.83 bits per heavy atom. The molecule has 2 aliphatic rings. The van der Waals surface area contributed by atoms with E-state index in [9.17, 15) is 9.59 Å². The van der Waals surface area contributed by atoms with Crippen molar-refractivity contribution in [1.82, 2.24) is 0 Å². The van der Waals surface area contributed by atoms with E-state index in [2.05, 4.69) is 35.6 Å². The molecule has 2 amide bonds. The molecule has 2 aromatic rings. The second-order valence-electron chi connectivity index (χ2n) is 8.39. The Balaban J connectivity index is 1.31. The second kappa shape index (κ2) is 9.09. The van der Waals surface area contributed by atoms with E-state index in [1.165, 1.54) is 15.3 Å². The predicted molar refractivity (Wildman–Crippen MR) is 117 cm³/mol. The molecule has 0 spiro atoms. The van der Waals surface area contributed by atoms with Gasteiger partial charge in [-0.1, -0.05) is 30.3 Å². The number of hydrogen-bond acceptors (Lipinski definition) is 3. The van der Waals surface area contributed by atoms with Crippen molar-refractivity contribution >= 4 is 28.2 Å². The van der Waals surface area contributed by atoms with E-state index < -0.39 is 5.91 Å². The molecule has 5 nitrogen and oxygen atoms in total. The van der Waals surface area contributed by atoms with Gasteiger partial charge in [0.15, 0.2) is 6.54 Å². The quantitative estimate of drug-likeness (QED) is 0.680. The zero-order chi connectivity index (χ0) is 20.2. The van der Waals surface area contributed by atoms with Crippen molar-refractivity contribution in [3.63, 3.8) is 0 Å². The third-order valence-electron chi connectivity index (χ3n) is 6.26. The summed E-state index contributed by atoms with van der Waals surface area (Å²) in [6.45, 7) is 2.50. The lowest BCUT2D eigenvalue weighted by atomic mass is 9.90. The Morgan fingerprint density at radius 1 is 1.10 bits per heavy atom. The van der Waals surface area contributed by atoms with E-state index in [0.717, 1.165) is 63.6 Å². The number of piperidine rings is 1. The highest BCUT2D eigenvalue weighted by Crippen LogP contribution is 2.37. The minimum absolute atomic E-state index is 0.0115. The van der Waals surface area contributed by atoms with Crippen molar-refractivity contribution in [1.29, 1.82) is 0 Å². The van der Waals surface area contributed by atoms with Crippen LogP contribution in [0, 0.1) is 5.92 Å². The molecule has 4 rings (SSSR count). The van der Waals surface area contributed by atoms with Crippen molar-refractivity contribution in [2.24, 2.45) is 11.7 Å². The van der Waals surface area contributed by atoms with E-state index in [-0.39, 0.29) is 5.91 Å². The highest BCUT2D eigenvalue weighted by atomic mass is 32.1. The Bertz CT molecular complexity index is 870. The maximum absolute atomic E-state index is 12.7. The smallest absolute Gasteiger partial charge is 0.280 e. The SMILES string of the molecule is NC(=O)c1c(NC(=O)C[NH+]2CCC(Cc3ccccc3)CC2)sc2c1CCCC2. The zero-order valence-electron chi connectivity index (χ0n) is 16.8. The molecule has 4 N–H and O–H groups in total. The Labute approximate surface area is 176 Å². The third-order valence-corrected chi connectivity index (χ3v) is 7.47. The molecule has 0 atom stereocenters. The van der Waals surface area contributed by atoms with Gasteiger partial charge in [0.1, 0.15) is 5.00 Å². The summed E-state index contributed by atoms with van der Waals surface area (Å²) < 4.78 is 0. The largest absolute Gasteiger partial charge is 0.365 e. The molecule has 1 saturated heterocycles. The zero-order valence-corrected chi connectivity index (χ0v) is 17.7. The van der Waals surface area contributed by atoms with E-state index in [4.69, 9.17) is 5.73 Å². The van der Waals surface area contributed by atoms with Gasteiger partial charge < -0.3 is 16.0 Å². The average molecular weight is 413 g/mol. The summed E-state index contributed by atoms with van der Waals surface area (Å²) in [7, 11) is 0. The molecule has 0 unspecified atom stereocenters. The maximum atomic E-state index is 12.7. The fraction of sp³-hybridized carbons (Fsp3) is 0.478. The number of thiophene rings is 1. The lowest BCUT2D eigenvalue weighted by Crippen LogP contribution is -3.14. The molecular formula is C23H30N3O2S+. The number of rotatable bonds is 6. The van der Waals surface area contributed by atoms with Crippen LogP contribution in [0.1, 0.15) is 52.0 Å². The van der Waals surface area contributed by atoms with Crippen LogP contribution < -0.4 is 16.0 Å². The molecule has 1 aliphatic heterocycles. The minimum atomic E-state index is -0.422. The van der Waals surface area contributed by atoms with Crippen LogP contribution in [-0.2, 0) is 24.1 Å². The monoisotopic (exact) mass is 412 g/mol. The molecule has 1 fully saturated rings. The Hall–Kier alpha value is -2.18. The molecule has 1 aliphatic carbocycles. The number of carbonyl (C=O) groups is 2. The van der Waals surface area contributed by atoms with Crippen LogP contribution in [0.2, 0.25) is 0 Å². The first-order valence-electron chi connectivity index (χ1n) is 10.7. The molecule has 0 bridgehead atoms. The number of anilines is 1. The van der Waals surface area contributed by atoms with E-state index in [1.54, 1.807) is 11.3 Å². The summed E-state index contributed by atoms with van der Waals surface area (Å²) in [6, 6.07) is 10.7. The van der Waals surface area contributed by atoms with Gasteiger partial charge in [-0.25, -0.2) is 0 Å². The molecular weight excluding hydrogens is 382 g/mol. The number of amides is 2. The van der Waals surface area contributed by atoms with E-state index >= 15 is 0 Å². The number of likely N-dealkylation sites (tertiary alicyclic amines) is 1. The van der Waals surface area contributed by atoms with Crippen LogP contribution in [0.15, 0.2) is 30.3 Å². The van der Waals surface area contributed by atoms with Crippen LogP contribution in [0.25, 0.3) is 0 Å². The number of nitrogens with two attached hydrogens (primary N) is 1. The van der Waals surface area contributed by atoms with Crippen molar-refractivity contribution in [3.8, 4) is 0 Å². The Morgan fingerprint density at radius 3 is 2.55 bits per heavy atom. The number of primary amides is 1. The summed E-state index contributed by atoms with van der Waals surface area (Å²) >= 11 is 1.54. The molecule has 1 aromatic heterocycles. The molecule has 1 aromatic carbocycles. The predicted octanol–water partition coefficient (Wildman–Crippen LogP) is 2.20. The molecule has 0 saturated carbocycles. The van der Waals surface area contributed by atoms with Crippen molar-refractivity contribution in [2.75, 3.05) is 25.0 Å². The van der Waals surface area contributed by atoms with Gasteiger partial charge in [0.05, 0.1) is 18.7 Å². The van der Waals surface area contributed by atoms with Crippen LogP contribution >= 0.6 is 11.3 Å². The summed E-state index contributed by atoms with van der Waals surface area (Å²) in [4.78, 5) is 27.2. The molecule has 154 valence electrons. The lowest BCUT2D eigenvalue weighted by Gasteiger charge is -2.28. The fourth-order valence-corrected chi connectivity index (χ4v) is 6.04. The molecule has 29 heavy (non-hydrogen) atoms. The fourth-order valence-electron chi connectivity index (χ4n) is 4.73. The first-order valence-corrected chi connectivity index (χ1v) is 11.5. The van der Waals surface area contributed by atoms with Crippen LogP contribution in [0.3, 0.4) is 0 Å². The van der Waals surface area contributed by atoms with E-state index in [1.807, 2.05) is 0 Å². The molecule has 6 heteroatoms. The van der Waals surface area contributed by atoms with Crippen LogP contribution in [0.5, 0.6) is 0 Å². The topological polar surface area (TPSA) is 76.6 Å². The summed E-state index contributed by atoms with van der Waals surface area (Å²) in [5.74, 6) is 0.270. The van der Waals surface area contributed by atoms with Gasteiger partial charge in [-0.2, -0.15) is 0 Å². The van der Waals surface area contributed by atoms with Gasteiger partial charge in [0.25, 0.3) is 11.8 Å². The van der Waals surface area contributed by atoms with Gasteiger partial charge in [-0.15, -0.1) is 11.3 Å². The average Bonchev–Trinajstić information content (AvgIpc) is 3.08. The van der Waals surface area contributed by atoms with Gasteiger partial charge >= 0.3 is 0 Å². The molecule has 2 heterocycles. The maximum Gasteiger partial charge on any atom is 0.280 e. The highest BCUT2D eigenvalue weighted by Gasteiger charge is 2.27. The number of aryl methyl sites for hydroxylation is 1. The highest BCUT2D eigenvalue weighted by molar-refractivity contribution is 7.17. The van der Waals surface area contributed by atoms with Crippen molar-refractivity contribution in [2.45, 2.75) is 44.9 Å². The number of fused-ring (bicyclic) bond motifs is 1. The first-order chi connectivity index (χ1) is 14.1. The lowest BCUT2D eigenvalue weighted by molar-refractivity contribution is -0.898. The van der Waals surface area contributed by atoms with Crippen molar-refractivity contribution in [3.05, 3.63) is 51.9 Å². The van der Waals surface area contributed by atoms with Gasteiger partial charge in [-0.3, -0.25) is 9.59 Å². The van der Waals surface area contributed by atoms with Crippen molar-refractivity contribution < 1.29 is 14.5 Å². The standard InChI is InChI=1S/C23H29N3O2S/c24-22(28)21-18-8-4-5-9-19(18)29-23(21)25-20(27)15-26-12-10-17(11-13-26)14-16-6-2-1-3-7-16/h1-3,6-7,17H,4-5,8-15H2,(H2,24,28)(H,25,27)/p+1. The summed E-state index contributed by atoms with van der Waals surface area (Å²) in [5, 5.41) is 3.67. The number of nitrogens with one attached hydrogen (secondary N) is 2. The third kappa shape index (κ3) is 4.87. The van der Waals surface area contributed by atoms with Gasteiger partial charge in [0, 0.05) is 4.88 Å². The first kappa shape index (κ1) is 20.1. The Kier molecular flexibility index (Phi) is 6.31.